The second-order valence-electron chi connectivity index (χ2n) is 8.30. The van der Waals surface area contributed by atoms with E-state index in [0.29, 0.717) is 44.4 Å². The molecule has 3 heterocycles. The van der Waals surface area contributed by atoms with Crippen molar-refractivity contribution in [2.75, 3.05) is 41.7 Å². The van der Waals surface area contributed by atoms with Crippen LogP contribution in [-0.4, -0.2) is 53.0 Å². The number of pyridine rings is 2. The summed E-state index contributed by atoms with van der Waals surface area (Å²) in [6, 6.07) is 15.2. The first-order chi connectivity index (χ1) is 17.0. The minimum atomic E-state index is -0.174. The zero-order valence-electron chi connectivity index (χ0n) is 20.0. The summed E-state index contributed by atoms with van der Waals surface area (Å²) >= 11 is 0. The molecule has 4 rings (SSSR count). The predicted octanol–water partition coefficient (Wildman–Crippen LogP) is 3.93. The quantitative estimate of drug-likeness (QED) is 0.538. The third kappa shape index (κ3) is 6.47. The number of anilines is 3. The molecule has 0 unspecified atom stereocenters. The Kier molecular flexibility index (Phi) is 7.77. The van der Waals surface area contributed by atoms with Gasteiger partial charge in [0.1, 0.15) is 12.4 Å². The Hall–Kier alpha value is -4.14. The fraction of sp³-hybridized carbons (Fsp3) is 0.308. The van der Waals surface area contributed by atoms with Crippen molar-refractivity contribution in [1.29, 1.82) is 0 Å². The first-order valence-corrected chi connectivity index (χ1v) is 11.7. The van der Waals surface area contributed by atoms with Gasteiger partial charge in [0.2, 0.25) is 5.91 Å². The summed E-state index contributed by atoms with van der Waals surface area (Å²) in [4.78, 5) is 36.7. The van der Waals surface area contributed by atoms with Crippen molar-refractivity contribution >= 4 is 29.3 Å². The molecule has 3 amide bonds. The minimum Gasteiger partial charge on any atom is -0.485 e. The van der Waals surface area contributed by atoms with Crippen molar-refractivity contribution in [2.45, 2.75) is 26.9 Å². The average Bonchev–Trinajstić information content (AvgIpc) is 2.88. The van der Waals surface area contributed by atoms with E-state index in [2.05, 4.69) is 38.5 Å². The first-order valence-electron chi connectivity index (χ1n) is 11.7. The summed E-state index contributed by atoms with van der Waals surface area (Å²) < 4.78 is 6.07. The average molecular weight is 475 g/mol. The smallest absolute Gasteiger partial charge is 0.321 e. The summed E-state index contributed by atoms with van der Waals surface area (Å²) in [5.41, 5.74) is 2.88. The SMILES string of the molecule is CCc1cccc(NC(=O)N2CCN(c3ncccc3OCc3ccnc(NC(C)=O)c3)CC2)c1. The number of piperazine rings is 1. The number of rotatable bonds is 7. The van der Waals surface area contributed by atoms with Gasteiger partial charge in [-0.05, 0) is 53.9 Å². The molecule has 35 heavy (non-hydrogen) atoms. The van der Waals surface area contributed by atoms with Crippen LogP contribution < -0.4 is 20.3 Å². The molecule has 0 saturated carbocycles. The number of ether oxygens (including phenoxy) is 1. The number of hydrogen-bond acceptors (Lipinski definition) is 6. The minimum absolute atomic E-state index is 0.0944. The molecule has 0 spiro atoms. The van der Waals surface area contributed by atoms with E-state index < -0.39 is 0 Å². The van der Waals surface area contributed by atoms with Crippen LogP contribution in [0.2, 0.25) is 0 Å². The number of aromatic nitrogens is 2. The summed E-state index contributed by atoms with van der Waals surface area (Å²) in [5, 5.41) is 5.68. The number of carbonyl (C=O) groups is 2. The lowest BCUT2D eigenvalue weighted by atomic mass is 10.1. The van der Waals surface area contributed by atoms with Gasteiger partial charge >= 0.3 is 6.03 Å². The maximum Gasteiger partial charge on any atom is 0.321 e. The maximum absolute atomic E-state index is 12.8. The van der Waals surface area contributed by atoms with Gasteiger partial charge in [-0.15, -0.1) is 0 Å². The second kappa shape index (κ2) is 11.3. The van der Waals surface area contributed by atoms with E-state index in [0.717, 1.165) is 23.5 Å². The van der Waals surface area contributed by atoms with Crippen LogP contribution in [0.15, 0.2) is 60.9 Å². The Morgan fingerprint density at radius 3 is 2.54 bits per heavy atom. The van der Waals surface area contributed by atoms with Crippen molar-refractivity contribution < 1.29 is 14.3 Å². The van der Waals surface area contributed by atoms with Crippen LogP contribution in [0.5, 0.6) is 5.75 Å². The van der Waals surface area contributed by atoms with Crippen LogP contribution >= 0.6 is 0 Å². The predicted molar refractivity (Wildman–Crippen MR) is 136 cm³/mol. The Morgan fingerprint density at radius 2 is 1.77 bits per heavy atom. The zero-order valence-corrected chi connectivity index (χ0v) is 20.0. The standard InChI is InChI=1S/C26H30N6O3/c1-3-20-6-4-7-22(16-20)30-26(34)32-14-12-31(13-15-32)25-23(8-5-10-28-25)35-18-21-9-11-27-24(17-21)29-19(2)33/h4-11,16-17H,3,12-15,18H2,1-2H3,(H,30,34)(H,27,29,33). The molecule has 0 radical (unpaired) electrons. The molecule has 0 atom stereocenters. The largest absolute Gasteiger partial charge is 0.485 e. The number of amides is 3. The monoisotopic (exact) mass is 474 g/mol. The van der Waals surface area contributed by atoms with Crippen LogP contribution in [0.1, 0.15) is 25.0 Å². The number of nitrogens with one attached hydrogen (secondary N) is 2. The van der Waals surface area contributed by atoms with Crippen LogP contribution in [0.3, 0.4) is 0 Å². The molecule has 2 aromatic heterocycles. The van der Waals surface area contributed by atoms with E-state index in [1.165, 1.54) is 12.5 Å². The van der Waals surface area contributed by atoms with Gasteiger partial charge in [0.25, 0.3) is 0 Å². The van der Waals surface area contributed by atoms with Gasteiger partial charge in [-0.25, -0.2) is 14.8 Å². The first kappa shape index (κ1) is 24.0. The fourth-order valence-electron chi connectivity index (χ4n) is 3.90. The Morgan fingerprint density at radius 1 is 0.943 bits per heavy atom. The highest BCUT2D eigenvalue weighted by Crippen LogP contribution is 2.27. The van der Waals surface area contributed by atoms with Crippen molar-refractivity contribution in [3.05, 3.63) is 72.1 Å². The molecular weight excluding hydrogens is 444 g/mol. The molecule has 2 N–H and O–H groups in total. The Bertz CT molecular complexity index is 1180. The lowest BCUT2D eigenvalue weighted by Crippen LogP contribution is -2.50. The van der Waals surface area contributed by atoms with Gasteiger partial charge in [0, 0.05) is 51.2 Å². The third-order valence-electron chi connectivity index (χ3n) is 5.73. The summed E-state index contributed by atoms with van der Waals surface area (Å²) in [7, 11) is 0. The molecule has 3 aromatic rings. The number of benzene rings is 1. The van der Waals surface area contributed by atoms with Crippen LogP contribution in [0.25, 0.3) is 0 Å². The van der Waals surface area contributed by atoms with E-state index in [-0.39, 0.29) is 11.9 Å². The normalized spacial score (nSPS) is 13.3. The van der Waals surface area contributed by atoms with E-state index in [4.69, 9.17) is 4.74 Å². The van der Waals surface area contributed by atoms with Crippen molar-refractivity contribution in [1.82, 2.24) is 14.9 Å². The number of hydrogen-bond donors (Lipinski definition) is 2. The topological polar surface area (TPSA) is 99.7 Å². The number of urea groups is 1. The Balaban J connectivity index is 1.34. The summed E-state index contributed by atoms with van der Waals surface area (Å²) in [6.45, 7) is 6.32. The second-order valence-corrected chi connectivity index (χ2v) is 8.30. The summed E-state index contributed by atoms with van der Waals surface area (Å²) in [5.74, 6) is 1.73. The molecule has 9 heteroatoms. The molecule has 0 aliphatic carbocycles. The van der Waals surface area contributed by atoms with Crippen LogP contribution in [-0.2, 0) is 17.8 Å². The van der Waals surface area contributed by atoms with E-state index in [1.807, 2.05) is 41.3 Å². The van der Waals surface area contributed by atoms with Crippen molar-refractivity contribution in [2.24, 2.45) is 0 Å². The third-order valence-corrected chi connectivity index (χ3v) is 5.73. The summed E-state index contributed by atoms with van der Waals surface area (Å²) in [6.07, 6.45) is 4.30. The van der Waals surface area contributed by atoms with Crippen LogP contribution in [0.4, 0.5) is 22.1 Å². The zero-order chi connectivity index (χ0) is 24.6. The molecule has 1 saturated heterocycles. The maximum atomic E-state index is 12.8. The van der Waals surface area contributed by atoms with Crippen molar-refractivity contribution in [3.63, 3.8) is 0 Å². The molecule has 1 aromatic carbocycles. The Labute approximate surface area is 205 Å². The fourth-order valence-corrected chi connectivity index (χ4v) is 3.90. The molecular formula is C26H30N6O3. The van der Waals surface area contributed by atoms with Gasteiger partial charge in [-0.2, -0.15) is 0 Å². The van der Waals surface area contributed by atoms with E-state index >= 15 is 0 Å². The lowest BCUT2D eigenvalue weighted by molar-refractivity contribution is -0.114. The molecule has 1 aliphatic rings. The van der Waals surface area contributed by atoms with Gasteiger partial charge in [-0.1, -0.05) is 19.1 Å². The molecule has 9 nitrogen and oxygen atoms in total. The van der Waals surface area contributed by atoms with Crippen LogP contribution in [0, 0.1) is 0 Å². The van der Waals surface area contributed by atoms with Gasteiger partial charge < -0.3 is 25.2 Å². The molecule has 0 bridgehead atoms. The number of carbonyl (C=O) groups excluding carboxylic acids is 2. The molecule has 182 valence electrons. The highest BCUT2D eigenvalue weighted by Gasteiger charge is 2.24. The van der Waals surface area contributed by atoms with Gasteiger partial charge in [0.05, 0.1) is 0 Å². The van der Waals surface area contributed by atoms with Crippen molar-refractivity contribution in [3.8, 4) is 5.75 Å². The number of nitrogens with zero attached hydrogens (tertiary/aromatic N) is 4. The number of aryl methyl sites for hydroxylation is 1. The molecule has 1 aliphatic heterocycles. The van der Waals surface area contributed by atoms with E-state index in [9.17, 15) is 9.59 Å². The molecule has 1 fully saturated rings. The van der Waals surface area contributed by atoms with Gasteiger partial charge in [-0.3, -0.25) is 4.79 Å². The lowest BCUT2D eigenvalue weighted by Gasteiger charge is -2.35. The van der Waals surface area contributed by atoms with E-state index in [1.54, 1.807) is 18.5 Å². The van der Waals surface area contributed by atoms with Gasteiger partial charge in [0.15, 0.2) is 11.6 Å². The highest BCUT2D eigenvalue weighted by atomic mass is 16.5. The highest BCUT2D eigenvalue weighted by molar-refractivity contribution is 5.89.